The van der Waals surface area contributed by atoms with Gasteiger partial charge < -0.3 is 15.3 Å². The molecular weight excluding hydrogens is 348 g/mol. The van der Waals surface area contributed by atoms with E-state index in [1.54, 1.807) is 0 Å². The summed E-state index contributed by atoms with van der Waals surface area (Å²) in [5, 5.41) is 9.03. The van der Waals surface area contributed by atoms with Crippen LogP contribution in [-0.4, -0.2) is 33.8 Å². The van der Waals surface area contributed by atoms with Crippen LogP contribution in [0.1, 0.15) is 12.5 Å². The molecule has 3 rings (SSSR count). The molecule has 0 amide bonds. The van der Waals surface area contributed by atoms with Gasteiger partial charge in [-0.15, -0.1) is 10.2 Å². The molecule has 26 heavy (non-hydrogen) atoms. The zero-order valence-corrected chi connectivity index (χ0v) is 15.7. The summed E-state index contributed by atoms with van der Waals surface area (Å²) in [4.78, 5) is 0. The highest BCUT2D eigenvalue weighted by atomic mass is 32.2. The second-order valence-electron chi connectivity index (χ2n) is 5.60. The smallest absolute Gasteiger partial charge is 0.210 e. The van der Waals surface area contributed by atoms with Crippen molar-refractivity contribution in [1.82, 2.24) is 14.9 Å². The monoisotopic (exact) mass is 370 g/mol. The topological polar surface area (TPSA) is 75.2 Å². The minimum Gasteiger partial charge on any atom is -0.494 e. The highest BCUT2D eigenvalue weighted by molar-refractivity contribution is 7.99. The molecule has 2 N–H and O–H groups in total. The van der Waals surface area contributed by atoms with Crippen LogP contribution in [0.3, 0.4) is 0 Å². The van der Waals surface area contributed by atoms with Gasteiger partial charge in [-0.25, -0.2) is 4.68 Å². The fourth-order valence-corrected chi connectivity index (χ4v) is 3.12. The van der Waals surface area contributed by atoms with E-state index in [2.05, 4.69) is 10.2 Å². The second kappa shape index (κ2) is 8.62. The molecule has 0 saturated heterocycles. The summed E-state index contributed by atoms with van der Waals surface area (Å²) in [7, 11) is 0. The average molecular weight is 370 g/mol. The predicted molar refractivity (Wildman–Crippen MR) is 104 cm³/mol. The van der Waals surface area contributed by atoms with Gasteiger partial charge in [0.15, 0.2) is 5.82 Å². The van der Waals surface area contributed by atoms with Crippen molar-refractivity contribution in [1.29, 1.82) is 0 Å². The number of ether oxygens (including phenoxy) is 2. The SMILES string of the molecule is CCOc1ccc(-c2nnc(SCCOc3ccccc3C)n2N)cc1. The third-order valence-electron chi connectivity index (χ3n) is 3.75. The van der Waals surface area contributed by atoms with Gasteiger partial charge in [0.25, 0.3) is 0 Å². The Morgan fingerprint density at radius 2 is 1.81 bits per heavy atom. The number of nitrogens with two attached hydrogens (primary N) is 1. The molecule has 0 bridgehead atoms. The van der Waals surface area contributed by atoms with E-state index in [-0.39, 0.29) is 0 Å². The number of benzene rings is 2. The summed E-state index contributed by atoms with van der Waals surface area (Å²) >= 11 is 1.51. The third kappa shape index (κ3) is 4.29. The number of thioether (sulfide) groups is 1. The molecule has 1 aromatic heterocycles. The number of nitrogens with zero attached hydrogens (tertiary/aromatic N) is 3. The third-order valence-corrected chi connectivity index (χ3v) is 4.66. The molecule has 0 spiro atoms. The van der Waals surface area contributed by atoms with Crippen LogP contribution in [0.25, 0.3) is 11.4 Å². The van der Waals surface area contributed by atoms with E-state index in [0.717, 1.165) is 28.4 Å². The van der Waals surface area contributed by atoms with Crippen molar-refractivity contribution in [3.05, 3.63) is 54.1 Å². The predicted octanol–water partition coefficient (Wildman–Crippen LogP) is 3.54. The summed E-state index contributed by atoms with van der Waals surface area (Å²) < 4.78 is 12.8. The maximum absolute atomic E-state index is 6.15. The van der Waals surface area contributed by atoms with Crippen molar-refractivity contribution in [3.8, 4) is 22.9 Å². The Kier molecular flexibility index (Phi) is 6.01. The molecule has 2 aromatic carbocycles. The van der Waals surface area contributed by atoms with E-state index in [1.165, 1.54) is 16.4 Å². The molecule has 0 atom stereocenters. The first-order chi connectivity index (χ1) is 12.7. The fraction of sp³-hybridized carbons (Fsp3) is 0.263. The van der Waals surface area contributed by atoms with E-state index in [9.17, 15) is 0 Å². The van der Waals surface area contributed by atoms with E-state index in [0.29, 0.717) is 24.2 Å². The second-order valence-corrected chi connectivity index (χ2v) is 6.66. The van der Waals surface area contributed by atoms with E-state index >= 15 is 0 Å². The highest BCUT2D eigenvalue weighted by Gasteiger charge is 2.12. The number of rotatable bonds is 8. The quantitative estimate of drug-likeness (QED) is 0.371. The van der Waals surface area contributed by atoms with Gasteiger partial charge in [-0.1, -0.05) is 30.0 Å². The van der Waals surface area contributed by atoms with E-state index < -0.39 is 0 Å². The van der Waals surface area contributed by atoms with Crippen LogP contribution in [0.2, 0.25) is 0 Å². The molecule has 0 aliphatic heterocycles. The molecular formula is C19H22N4O2S. The first-order valence-corrected chi connectivity index (χ1v) is 9.42. The highest BCUT2D eigenvalue weighted by Crippen LogP contribution is 2.24. The number of aryl methyl sites for hydroxylation is 1. The lowest BCUT2D eigenvalue weighted by atomic mass is 10.2. The van der Waals surface area contributed by atoms with Gasteiger partial charge in [0, 0.05) is 11.3 Å². The van der Waals surface area contributed by atoms with Crippen molar-refractivity contribution in [2.24, 2.45) is 0 Å². The molecule has 7 heteroatoms. The Labute approximate surface area is 157 Å². The Hall–Kier alpha value is -2.67. The van der Waals surface area contributed by atoms with Crippen molar-refractivity contribution in [2.75, 3.05) is 24.8 Å². The zero-order valence-electron chi connectivity index (χ0n) is 14.9. The molecule has 1 heterocycles. The molecule has 136 valence electrons. The lowest BCUT2D eigenvalue weighted by Gasteiger charge is -2.08. The van der Waals surface area contributed by atoms with Gasteiger partial charge in [-0.2, -0.15) is 0 Å². The zero-order chi connectivity index (χ0) is 18.4. The van der Waals surface area contributed by atoms with Crippen LogP contribution in [-0.2, 0) is 0 Å². The van der Waals surface area contributed by atoms with Gasteiger partial charge in [-0.05, 0) is 49.7 Å². The van der Waals surface area contributed by atoms with Crippen molar-refractivity contribution < 1.29 is 9.47 Å². The number of para-hydroxylation sites is 1. The normalized spacial score (nSPS) is 10.7. The van der Waals surface area contributed by atoms with Gasteiger partial charge >= 0.3 is 0 Å². The Morgan fingerprint density at radius 3 is 2.54 bits per heavy atom. The fourth-order valence-electron chi connectivity index (χ4n) is 2.44. The maximum atomic E-state index is 6.15. The van der Waals surface area contributed by atoms with Crippen molar-refractivity contribution >= 4 is 11.8 Å². The Bertz CT molecular complexity index is 849. The molecule has 0 aliphatic rings. The molecule has 6 nitrogen and oxygen atoms in total. The first-order valence-electron chi connectivity index (χ1n) is 8.44. The Balaban J connectivity index is 1.57. The average Bonchev–Trinajstić information content (AvgIpc) is 3.02. The lowest BCUT2D eigenvalue weighted by molar-refractivity contribution is 0.340. The summed E-state index contributed by atoms with van der Waals surface area (Å²) in [5.41, 5.74) is 2.02. The lowest BCUT2D eigenvalue weighted by Crippen LogP contribution is -2.12. The van der Waals surface area contributed by atoms with Gasteiger partial charge in [0.05, 0.1) is 13.2 Å². The van der Waals surface area contributed by atoms with E-state index in [1.807, 2.05) is 62.4 Å². The molecule has 0 radical (unpaired) electrons. The van der Waals surface area contributed by atoms with Crippen LogP contribution in [0.5, 0.6) is 11.5 Å². The minimum absolute atomic E-state index is 0.570. The summed E-state index contributed by atoms with van der Waals surface area (Å²) in [5.74, 6) is 9.22. The van der Waals surface area contributed by atoms with Crippen LogP contribution in [0.4, 0.5) is 0 Å². The summed E-state index contributed by atoms with van der Waals surface area (Å²) in [6, 6.07) is 15.6. The molecule has 0 unspecified atom stereocenters. The standard InChI is InChI=1S/C19H22N4O2S/c1-3-24-16-10-8-15(9-11-16)18-21-22-19(23(18)20)26-13-12-25-17-7-5-4-6-14(17)2/h4-11H,3,12-13,20H2,1-2H3. The maximum Gasteiger partial charge on any atom is 0.210 e. The molecule has 0 fully saturated rings. The minimum atomic E-state index is 0.570. The van der Waals surface area contributed by atoms with Crippen molar-refractivity contribution in [3.63, 3.8) is 0 Å². The van der Waals surface area contributed by atoms with Gasteiger partial charge in [0.2, 0.25) is 5.16 Å². The first kappa shape index (κ1) is 18.1. The van der Waals surface area contributed by atoms with Crippen molar-refractivity contribution in [2.45, 2.75) is 19.0 Å². The summed E-state index contributed by atoms with van der Waals surface area (Å²) in [6.07, 6.45) is 0. The van der Waals surface area contributed by atoms with Gasteiger partial charge in [-0.3, -0.25) is 0 Å². The molecule has 3 aromatic rings. The van der Waals surface area contributed by atoms with Crippen LogP contribution in [0.15, 0.2) is 53.7 Å². The largest absolute Gasteiger partial charge is 0.494 e. The van der Waals surface area contributed by atoms with Gasteiger partial charge in [0.1, 0.15) is 11.5 Å². The van der Waals surface area contributed by atoms with E-state index in [4.69, 9.17) is 15.3 Å². The number of nitrogen functional groups attached to an aromatic ring is 1. The van der Waals surface area contributed by atoms with Crippen LogP contribution in [0, 0.1) is 6.92 Å². The summed E-state index contributed by atoms with van der Waals surface area (Å²) in [6.45, 7) is 5.19. The molecule has 0 aliphatic carbocycles. The van der Waals surface area contributed by atoms with Crippen LogP contribution < -0.4 is 15.3 Å². The molecule has 0 saturated carbocycles. The number of hydrogen-bond donors (Lipinski definition) is 1. The number of hydrogen-bond acceptors (Lipinski definition) is 6. The van der Waals surface area contributed by atoms with Crippen LogP contribution >= 0.6 is 11.8 Å². The Morgan fingerprint density at radius 1 is 1.04 bits per heavy atom. The number of aromatic nitrogens is 3.